The number of H-pyrrole nitrogens is 1. The number of pyridine rings is 1. The Morgan fingerprint density at radius 1 is 1.07 bits per heavy atom. The molecule has 6 aromatic rings. The lowest BCUT2D eigenvalue weighted by Gasteiger charge is -2.24. The number of alkyl halides is 5. The van der Waals surface area contributed by atoms with Gasteiger partial charge in [0.1, 0.15) is 35.6 Å². The molecular formula is C37H27ClF7N9O3S. The Hall–Kier alpha value is -5.68. The molecule has 3 aliphatic rings. The summed E-state index contributed by atoms with van der Waals surface area (Å²) in [4.78, 5) is 26.7. The van der Waals surface area contributed by atoms with E-state index in [4.69, 9.17) is 16.6 Å². The van der Waals surface area contributed by atoms with Crippen LogP contribution in [0.25, 0.3) is 33.2 Å². The minimum Gasteiger partial charge on any atom is -0.346 e. The minimum absolute atomic E-state index is 0.0253. The summed E-state index contributed by atoms with van der Waals surface area (Å²) in [7, 11) is -2.31. The number of fused-ring (bicyclic) bond motifs is 5. The summed E-state index contributed by atoms with van der Waals surface area (Å²) < 4.78 is 131. The number of halogens is 8. The monoisotopic (exact) mass is 845 g/mol. The molecule has 21 heteroatoms. The van der Waals surface area contributed by atoms with Crippen LogP contribution in [0.4, 0.5) is 36.6 Å². The quantitative estimate of drug-likeness (QED) is 0.101. The Balaban J connectivity index is 1.20. The molecule has 58 heavy (non-hydrogen) atoms. The number of nitrogens with one attached hydrogen (secondary N) is 3. The smallest absolute Gasteiger partial charge is 0.346 e. The molecule has 0 bridgehead atoms. The van der Waals surface area contributed by atoms with E-state index in [1.54, 1.807) is 12.1 Å². The fraction of sp³-hybridized carbons (Fsp3) is 0.324. The van der Waals surface area contributed by atoms with Crippen molar-refractivity contribution in [2.75, 3.05) is 11.0 Å². The largest absolute Gasteiger partial charge is 0.435 e. The first-order chi connectivity index (χ1) is 27.3. The van der Waals surface area contributed by atoms with Gasteiger partial charge in [0, 0.05) is 35.7 Å². The average molecular weight is 846 g/mol. The first-order valence-corrected chi connectivity index (χ1v) is 19.9. The van der Waals surface area contributed by atoms with Crippen LogP contribution in [0, 0.1) is 29.4 Å². The number of sulfonamides is 1. The number of aryl methyl sites for hydroxylation is 1. The van der Waals surface area contributed by atoms with Gasteiger partial charge in [0.05, 0.1) is 45.4 Å². The summed E-state index contributed by atoms with van der Waals surface area (Å²) >= 11 is 6.61. The highest BCUT2D eigenvalue weighted by Crippen LogP contribution is 2.58. The highest BCUT2D eigenvalue weighted by Gasteiger charge is 2.62. The number of aromatic nitrogens is 7. The summed E-state index contributed by atoms with van der Waals surface area (Å²) in [6, 6.07) is 6.04. The molecule has 1 fully saturated rings. The van der Waals surface area contributed by atoms with Crippen LogP contribution in [0.2, 0.25) is 5.02 Å². The summed E-state index contributed by atoms with van der Waals surface area (Å²) in [6.45, 7) is -1.11. The number of carbonyl (C=O) groups excluding carboxylic acids is 1. The summed E-state index contributed by atoms with van der Waals surface area (Å²) in [6.07, 6.45) is -2.84. The maximum absolute atomic E-state index is 15.6. The average Bonchev–Trinajstić information content (AvgIpc) is 3.56. The van der Waals surface area contributed by atoms with Gasteiger partial charge in [0.25, 0.3) is 0 Å². The van der Waals surface area contributed by atoms with Crippen LogP contribution in [0.5, 0.6) is 0 Å². The van der Waals surface area contributed by atoms with Gasteiger partial charge < -0.3 is 10.3 Å². The van der Waals surface area contributed by atoms with E-state index in [0.29, 0.717) is 33.2 Å². The van der Waals surface area contributed by atoms with Crippen LogP contribution in [-0.4, -0.2) is 55.1 Å². The van der Waals surface area contributed by atoms with E-state index in [2.05, 4.69) is 42.0 Å². The molecule has 9 rings (SSSR count). The van der Waals surface area contributed by atoms with Gasteiger partial charge in [-0.15, -0.1) is 0 Å². The molecule has 0 aliphatic heterocycles. The topological polar surface area (TPSA) is 152 Å². The Kier molecular flexibility index (Phi) is 8.43. The van der Waals surface area contributed by atoms with E-state index < -0.39 is 81.0 Å². The van der Waals surface area contributed by atoms with E-state index in [1.165, 1.54) is 17.8 Å². The standard InChI is InChI=1S/C37H27ClF7N9O3S/c1-53-30-19(6-8-23(38)28(30)35(51-53)52-58(2,56)57)21-13-25-34(49-33(47-25)16-3-4-16)48-29(21)24(11-15-9-17(39)12-18(40)10-15)46-26(55)14-54-32-27(31(50-54)37(43,44)45)20-5-7-22(20)36(32,41)42/h6,8-10,12-13,16,20,22,24H,3-4,11,14H2,1-2H3,(H,46,55)(H,51,52)(H,47,48,49)/t20-,22+,24-/m0/s1. The van der Waals surface area contributed by atoms with Crippen LogP contribution < -0.4 is 10.0 Å². The normalized spacial score (nSPS) is 18.7. The maximum atomic E-state index is 15.6. The number of hydrogen-bond acceptors (Lipinski definition) is 7. The number of carbonyl (C=O) groups is 1. The molecule has 3 N–H and O–H groups in total. The molecule has 1 amide bonds. The molecule has 300 valence electrons. The van der Waals surface area contributed by atoms with Crippen molar-refractivity contribution in [1.29, 1.82) is 0 Å². The van der Waals surface area contributed by atoms with E-state index >= 15 is 8.78 Å². The van der Waals surface area contributed by atoms with Crippen molar-refractivity contribution in [2.45, 2.75) is 55.8 Å². The molecule has 12 nitrogen and oxygen atoms in total. The molecule has 0 unspecified atom stereocenters. The first-order valence-electron chi connectivity index (χ1n) is 17.6. The third-order valence-electron chi connectivity index (χ3n) is 10.3. The van der Waals surface area contributed by atoms with Crippen LogP contribution in [0.3, 0.4) is 0 Å². The SMILES string of the molecule is Cn1nc(NS(C)(=O)=O)c2c(Cl)ccc(-c3cc4[nH]c(C5CC5)nc4nc3[C@H](Cc3cc(F)cc(F)c3)NC(=O)Cn3nc(C(F)(F)F)c4c3C(F)(F)[C@@H]3C#C[C@H]43)c21. The van der Waals surface area contributed by atoms with Gasteiger partial charge in [0.2, 0.25) is 15.9 Å². The van der Waals surface area contributed by atoms with Gasteiger partial charge in [-0.3, -0.25) is 18.9 Å². The van der Waals surface area contributed by atoms with Gasteiger partial charge in [0.15, 0.2) is 17.2 Å². The highest BCUT2D eigenvalue weighted by atomic mass is 35.5. The predicted octanol–water partition coefficient (Wildman–Crippen LogP) is 6.83. The van der Waals surface area contributed by atoms with E-state index in [0.717, 1.165) is 31.2 Å². The number of anilines is 1. The molecule has 0 saturated heterocycles. The number of benzene rings is 2. The molecule has 4 heterocycles. The maximum Gasteiger partial charge on any atom is 0.435 e. The van der Waals surface area contributed by atoms with E-state index in [9.17, 15) is 35.2 Å². The minimum atomic E-state index is -5.14. The lowest BCUT2D eigenvalue weighted by molar-refractivity contribution is -0.142. The van der Waals surface area contributed by atoms with E-state index in [-0.39, 0.29) is 51.0 Å². The van der Waals surface area contributed by atoms with Crippen LogP contribution in [0.15, 0.2) is 36.4 Å². The van der Waals surface area contributed by atoms with Crippen molar-refractivity contribution < 1.29 is 43.9 Å². The summed E-state index contributed by atoms with van der Waals surface area (Å²) in [5.41, 5.74) is -1.81. The fourth-order valence-corrected chi connectivity index (χ4v) is 8.52. The molecule has 2 aromatic carbocycles. The van der Waals surface area contributed by atoms with Gasteiger partial charge in [-0.1, -0.05) is 29.5 Å². The number of hydrogen-bond donors (Lipinski definition) is 3. The first kappa shape index (κ1) is 37.9. The summed E-state index contributed by atoms with van der Waals surface area (Å²) in [5, 5.41) is 10.7. The Bertz CT molecular complexity index is 2910. The van der Waals surface area contributed by atoms with Crippen LogP contribution >= 0.6 is 11.6 Å². The number of rotatable bonds is 10. The van der Waals surface area contributed by atoms with Gasteiger partial charge >= 0.3 is 12.1 Å². The molecule has 0 spiro atoms. The zero-order valence-electron chi connectivity index (χ0n) is 29.9. The van der Waals surface area contributed by atoms with Gasteiger partial charge in [-0.05, 0) is 49.1 Å². The molecular weight excluding hydrogens is 819 g/mol. The molecule has 4 aromatic heterocycles. The van der Waals surface area contributed by atoms with Crippen LogP contribution in [0.1, 0.15) is 64.8 Å². The molecule has 1 saturated carbocycles. The third kappa shape index (κ3) is 6.40. The summed E-state index contributed by atoms with van der Waals surface area (Å²) in [5.74, 6) is -4.72. The predicted molar refractivity (Wildman–Crippen MR) is 195 cm³/mol. The number of imidazole rings is 1. The van der Waals surface area contributed by atoms with Crippen molar-refractivity contribution >= 4 is 55.4 Å². The number of nitrogens with zero attached hydrogens (tertiary/aromatic N) is 6. The molecule has 3 atom stereocenters. The second-order valence-electron chi connectivity index (χ2n) is 14.6. The second-order valence-corrected chi connectivity index (χ2v) is 16.7. The van der Waals surface area contributed by atoms with E-state index in [1.807, 2.05) is 0 Å². The van der Waals surface area contributed by atoms with Crippen molar-refractivity contribution in [2.24, 2.45) is 13.0 Å². The number of aromatic amines is 1. The fourth-order valence-electron chi connectivity index (χ4n) is 7.79. The highest BCUT2D eigenvalue weighted by molar-refractivity contribution is 7.92. The van der Waals surface area contributed by atoms with Crippen molar-refractivity contribution in [1.82, 2.24) is 39.8 Å². The Labute approximate surface area is 328 Å². The van der Waals surface area contributed by atoms with Crippen LogP contribution in [-0.2, 0) is 46.9 Å². The van der Waals surface area contributed by atoms with Crippen molar-refractivity contribution in [3.63, 3.8) is 0 Å². The second kappa shape index (κ2) is 12.9. The lowest BCUT2D eigenvalue weighted by Crippen LogP contribution is -2.36. The molecule has 3 aliphatic carbocycles. The van der Waals surface area contributed by atoms with Gasteiger partial charge in [-0.2, -0.15) is 32.1 Å². The zero-order valence-corrected chi connectivity index (χ0v) is 31.5. The number of amides is 1. The third-order valence-corrected chi connectivity index (χ3v) is 11.2. The van der Waals surface area contributed by atoms with Crippen molar-refractivity contribution in [3.8, 4) is 23.0 Å². The molecule has 0 radical (unpaired) electrons. The zero-order chi connectivity index (χ0) is 41.2. The Morgan fingerprint density at radius 2 is 1.79 bits per heavy atom. The van der Waals surface area contributed by atoms with Crippen molar-refractivity contribution in [3.05, 3.63) is 87.1 Å². The Morgan fingerprint density at radius 3 is 2.43 bits per heavy atom. The lowest BCUT2D eigenvalue weighted by atomic mass is 9.84. The van der Waals surface area contributed by atoms with Gasteiger partial charge in [-0.25, -0.2) is 27.2 Å².